The predicted octanol–water partition coefficient (Wildman–Crippen LogP) is 8.28. The molecule has 0 bridgehead atoms. The van der Waals surface area contributed by atoms with E-state index in [1.165, 1.54) is 57.6 Å². The molecule has 0 fully saturated rings. The maximum atomic E-state index is 13.4. The van der Waals surface area contributed by atoms with Crippen LogP contribution in [0.3, 0.4) is 0 Å². The van der Waals surface area contributed by atoms with Gasteiger partial charge in [-0.15, -0.1) is 0 Å². The van der Waals surface area contributed by atoms with E-state index in [0.717, 1.165) is 12.8 Å². The number of amides is 1. The highest BCUT2D eigenvalue weighted by atomic mass is 16.5. The molecule has 7 nitrogen and oxygen atoms in total. The molecule has 1 atom stereocenters. The summed E-state index contributed by atoms with van der Waals surface area (Å²) in [5.41, 5.74) is 0.176. The molecule has 0 aliphatic carbocycles. The van der Waals surface area contributed by atoms with Crippen molar-refractivity contribution >= 4 is 23.9 Å². The number of nitrogens with zero attached hydrogens (tertiary/aromatic N) is 1. The lowest BCUT2D eigenvalue weighted by atomic mass is 9.86. The molecule has 3 aromatic rings. The Balaban J connectivity index is 1.22. The maximum Gasteiger partial charge on any atom is 0.378 e. The Hall–Kier alpha value is -4.52. The van der Waals surface area contributed by atoms with Crippen molar-refractivity contribution in [3.05, 3.63) is 108 Å². The number of unbranched alkanes of at least 4 members (excludes halogenated alkanes) is 9. The third-order valence-corrected chi connectivity index (χ3v) is 7.89. The van der Waals surface area contributed by atoms with Gasteiger partial charge in [0.1, 0.15) is 18.1 Å². The minimum atomic E-state index is -1.52. The molecule has 0 spiro atoms. The first kappa shape index (κ1) is 33.4. The number of hydrogen-bond donors (Lipinski definition) is 1. The van der Waals surface area contributed by atoms with Crippen LogP contribution >= 0.6 is 0 Å². The van der Waals surface area contributed by atoms with Crippen LogP contribution in [0.5, 0.6) is 11.5 Å². The number of rotatable bonds is 19. The van der Waals surface area contributed by atoms with E-state index in [1.807, 2.05) is 30.3 Å². The van der Waals surface area contributed by atoms with Crippen molar-refractivity contribution in [2.75, 3.05) is 6.54 Å². The standard InChI is InChI=1S/C38H44N2O5/c1-2-3-4-5-6-7-8-9-10-14-26-39-36(42)31-23-21-30(22-24-31)29-44-37(43)35(41)38(25-16-27-40-38)32-17-15-20-34(28-32)45-33-18-12-11-13-19-33/h11-13,15-25,27-28H,2-10,14,26,29H2,1H3,(H,39,42). The number of carbonyl (C=O) groups excluding carboxylic acids is 3. The van der Waals surface area contributed by atoms with Gasteiger partial charge in [-0.05, 0) is 66.1 Å². The molecule has 1 aliphatic rings. The summed E-state index contributed by atoms with van der Waals surface area (Å²) in [5.74, 6) is -0.755. The molecule has 4 rings (SSSR count). The molecule has 1 unspecified atom stereocenters. The van der Waals surface area contributed by atoms with Crippen LogP contribution in [-0.4, -0.2) is 30.4 Å². The van der Waals surface area contributed by atoms with E-state index in [9.17, 15) is 14.4 Å². The van der Waals surface area contributed by atoms with Gasteiger partial charge in [-0.2, -0.15) is 0 Å². The summed E-state index contributed by atoms with van der Waals surface area (Å²) in [6.45, 7) is 2.78. The van der Waals surface area contributed by atoms with Crippen molar-refractivity contribution in [2.45, 2.75) is 83.3 Å². The molecule has 236 valence electrons. The second-order valence-corrected chi connectivity index (χ2v) is 11.4. The normalized spacial score (nSPS) is 15.1. The van der Waals surface area contributed by atoms with E-state index in [2.05, 4.69) is 17.2 Å². The van der Waals surface area contributed by atoms with Crippen molar-refractivity contribution in [3.63, 3.8) is 0 Å². The van der Waals surface area contributed by atoms with Crippen LogP contribution < -0.4 is 10.1 Å². The monoisotopic (exact) mass is 608 g/mol. The second-order valence-electron chi connectivity index (χ2n) is 11.4. The summed E-state index contributed by atoms with van der Waals surface area (Å²) < 4.78 is 11.3. The third kappa shape index (κ3) is 10.00. The van der Waals surface area contributed by atoms with Crippen molar-refractivity contribution < 1.29 is 23.9 Å². The zero-order valence-electron chi connectivity index (χ0n) is 26.2. The number of Topliss-reactive ketones (excluding diaryl/α,β-unsaturated/α-hetero) is 1. The number of ketones is 1. The Morgan fingerprint density at radius 1 is 0.756 bits per heavy atom. The molecule has 1 heterocycles. The molecule has 1 amide bonds. The Labute approximate surface area is 266 Å². The minimum absolute atomic E-state index is 0.105. The third-order valence-electron chi connectivity index (χ3n) is 7.89. The number of para-hydroxylation sites is 1. The average Bonchev–Trinajstić information content (AvgIpc) is 3.58. The number of ether oxygens (including phenoxy) is 2. The molecule has 0 saturated heterocycles. The number of carbonyl (C=O) groups is 3. The predicted molar refractivity (Wildman–Crippen MR) is 178 cm³/mol. The van der Waals surface area contributed by atoms with E-state index in [4.69, 9.17) is 9.47 Å². The van der Waals surface area contributed by atoms with Crippen LogP contribution in [0.4, 0.5) is 0 Å². The first-order chi connectivity index (χ1) is 22.0. The van der Waals surface area contributed by atoms with E-state index in [1.54, 1.807) is 60.7 Å². The van der Waals surface area contributed by atoms with Crippen molar-refractivity contribution in [1.82, 2.24) is 5.32 Å². The molecule has 7 heteroatoms. The fraction of sp³-hybridized carbons (Fsp3) is 0.368. The van der Waals surface area contributed by atoms with E-state index in [-0.39, 0.29) is 12.5 Å². The summed E-state index contributed by atoms with van der Waals surface area (Å²) in [7, 11) is 0. The van der Waals surface area contributed by atoms with Gasteiger partial charge in [0.15, 0.2) is 5.54 Å². The summed E-state index contributed by atoms with van der Waals surface area (Å²) in [5, 5.41) is 2.98. The summed E-state index contributed by atoms with van der Waals surface area (Å²) >= 11 is 0. The van der Waals surface area contributed by atoms with Gasteiger partial charge in [0, 0.05) is 18.3 Å². The Morgan fingerprint density at radius 2 is 1.42 bits per heavy atom. The summed E-state index contributed by atoms with van der Waals surface area (Å²) in [4.78, 5) is 43.3. The first-order valence-electron chi connectivity index (χ1n) is 16.2. The SMILES string of the molecule is CCCCCCCCCCCCNC(=O)c1ccc(COC(=O)C(=O)C2(c3cccc(Oc4ccccc4)c3)C=CC=N2)cc1. The smallest absolute Gasteiger partial charge is 0.378 e. The van der Waals surface area contributed by atoms with Crippen LogP contribution in [0, 0.1) is 0 Å². The highest BCUT2D eigenvalue weighted by Gasteiger charge is 2.43. The molecule has 0 radical (unpaired) electrons. The molecule has 0 aromatic heterocycles. The first-order valence-corrected chi connectivity index (χ1v) is 16.2. The highest BCUT2D eigenvalue weighted by molar-refractivity contribution is 6.38. The minimum Gasteiger partial charge on any atom is -0.457 e. The number of hydrogen-bond acceptors (Lipinski definition) is 6. The number of nitrogens with one attached hydrogen (secondary N) is 1. The quantitative estimate of drug-likeness (QED) is 0.0840. The number of esters is 1. The molecule has 1 aliphatic heterocycles. The lowest BCUT2D eigenvalue weighted by Gasteiger charge is -2.23. The number of benzene rings is 3. The topological polar surface area (TPSA) is 94.1 Å². The van der Waals surface area contributed by atoms with Crippen LogP contribution in [0.1, 0.15) is 92.6 Å². The molecule has 45 heavy (non-hydrogen) atoms. The van der Waals surface area contributed by atoms with Crippen molar-refractivity contribution in [2.24, 2.45) is 4.99 Å². The van der Waals surface area contributed by atoms with Gasteiger partial charge < -0.3 is 14.8 Å². The van der Waals surface area contributed by atoms with Crippen molar-refractivity contribution in [1.29, 1.82) is 0 Å². The zero-order valence-corrected chi connectivity index (χ0v) is 26.2. The fourth-order valence-electron chi connectivity index (χ4n) is 5.28. The van der Waals surface area contributed by atoms with Gasteiger partial charge in [-0.3, -0.25) is 14.6 Å². The molecular weight excluding hydrogens is 564 g/mol. The molecular formula is C38H44N2O5. The van der Waals surface area contributed by atoms with E-state index < -0.39 is 17.3 Å². The lowest BCUT2D eigenvalue weighted by molar-refractivity contribution is -0.156. The van der Waals surface area contributed by atoms with Gasteiger partial charge in [-0.25, -0.2) is 4.79 Å². The average molecular weight is 609 g/mol. The van der Waals surface area contributed by atoms with E-state index in [0.29, 0.717) is 34.7 Å². The molecule has 0 saturated carbocycles. The van der Waals surface area contributed by atoms with Crippen LogP contribution in [-0.2, 0) is 26.5 Å². The van der Waals surface area contributed by atoms with E-state index >= 15 is 0 Å². The van der Waals surface area contributed by atoms with Gasteiger partial charge in [0.05, 0.1) is 0 Å². The maximum absolute atomic E-state index is 13.4. The second kappa shape index (κ2) is 17.7. The highest BCUT2D eigenvalue weighted by Crippen LogP contribution is 2.35. The Morgan fingerprint density at radius 3 is 2.09 bits per heavy atom. The van der Waals surface area contributed by atoms with Gasteiger partial charge >= 0.3 is 5.97 Å². The van der Waals surface area contributed by atoms with Crippen LogP contribution in [0.25, 0.3) is 0 Å². The van der Waals surface area contributed by atoms with Crippen LogP contribution in [0.15, 0.2) is 96.0 Å². The van der Waals surface area contributed by atoms with Crippen LogP contribution in [0.2, 0.25) is 0 Å². The molecule has 3 aromatic carbocycles. The lowest BCUT2D eigenvalue weighted by Crippen LogP contribution is -2.37. The molecule has 1 N–H and O–H groups in total. The Kier molecular flexibility index (Phi) is 13.1. The van der Waals surface area contributed by atoms with Gasteiger partial charge in [0.25, 0.3) is 11.7 Å². The Bertz CT molecular complexity index is 1430. The number of aliphatic imine (C=N–C) groups is 1. The largest absolute Gasteiger partial charge is 0.457 e. The summed E-state index contributed by atoms with van der Waals surface area (Å²) in [6, 6.07) is 23.1. The van der Waals surface area contributed by atoms with Gasteiger partial charge in [0.2, 0.25) is 0 Å². The fourth-order valence-corrected chi connectivity index (χ4v) is 5.28. The van der Waals surface area contributed by atoms with Gasteiger partial charge in [-0.1, -0.05) is 107 Å². The summed E-state index contributed by atoms with van der Waals surface area (Å²) in [6.07, 6.45) is 17.2. The zero-order chi connectivity index (χ0) is 31.7. The number of allylic oxidation sites excluding steroid dienone is 1. The van der Waals surface area contributed by atoms with Crippen molar-refractivity contribution in [3.8, 4) is 11.5 Å².